The highest BCUT2D eigenvalue weighted by Crippen LogP contribution is 2.40. The van der Waals surface area contributed by atoms with E-state index in [4.69, 9.17) is 9.47 Å². The Morgan fingerprint density at radius 1 is 1.17 bits per heavy atom. The summed E-state index contributed by atoms with van der Waals surface area (Å²) < 4.78 is 23.8. The lowest BCUT2D eigenvalue weighted by Gasteiger charge is -2.31. The van der Waals surface area contributed by atoms with Gasteiger partial charge in [0.25, 0.3) is 5.69 Å². The van der Waals surface area contributed by atoms with Gasteiger partial charge >= 0.3 is 11.9 Å². The molecule has 1 aromatic rings. The normalized spacial score (nSPS) is 16.3. The lowest BCUT2D eigenvalue weighted by atomic mass is 9.80. The van der Waals surface area contributed by atoms with Crippen molar-refractivity contribution >= 4 is 17.6 Å². The fourth-order valence-corrected chi connectivity index (χ4v) is 3.09. The first kappa shape index (κ1) is 22.0. The number of non-ortho nitro benzene ring substituents is 1. The zero-order valence-corrected chi connectivity index (χ0v) is 15.9. The monoisotopic (exact) mass is 408 g/mol. The largest absolute Gasteiger partial charge is 0.463 e. The van der Waals surface area contributed by atoms with Gasteiger partial charge in [0, 0.05) is 12.1 Å². The first-order valence-corrected chi connectivity index (χ1v) is 8.87. The summed E-state index contributed by atoms with van der Waals surface area (Å²) in [5, 5.41) is 23.5. The molecule has 0 amide bonds. The number of ether oxygens (including phenoxy) is 2. The predicted octanol–water partition coefficient (Wildman–Crippen LogP) is 1.88. The number of hydrogen-bond acceptors (Lipinski definition) is 8. The molecule has 0 spiro atoms. The zero-order valence-electron chi connectivity index (χ0n) is 15.9. The topological polar surface area (TPSA) is 128 Å². The first-order chi connectivity index (χ1) is 13.9. The molecular weight excluding hydrogens is 387 g/mol. The summed E-state index contributed by atoms with van der Waals surface area (Å²) in [4.78, 5) is 35.9. The van der Waals surface area contributed by atoms with Crippen molar-refractivity contribution in [1.82, 2.24) is 5.32 Å². The van der Waals surface area contributed by atoms with Crippen LogP contribution in [0.25, 0.3) is 0 Å². The molecule has 0 aromatic heterocycles. The molecule has 0 radical (unpaired) electrons. The third kappa shape index (κ3) is 4.60. The number of nitro groups is 1. The van der Waals surface area contributed by atoms with Crippen molar-refractivity contribution in [2.24, 2.45) is 0 Å². The quantitative estimate of drug-likeness (QED) is 0.379. The van der Waals surface area contributed by atoms with E-state index in [2.05, 4.69) is 5.32 Å². The summed E-state index contributed by atoms with van der Waals surface area (Å²) in [7, 11) is 0. The van der Waals surface area contributed by atoms with Gasteiger partial charge in [-0.25, -0.2) is 14.0 Å². The minimum atomic E-state index is -1.22. The van der Waals surface area contributed by atoms with Gasteiger partial charge < -0.3 is 19.9 Å². The zero-order chi connectivity index (χ0) is 21.6. The molecular formula is C19H21FN2O7. The van der Waals surface area contributed by atoms with Crippen molar-refractivity contribution in [3.8, 4) is 0 Å². The molecule has 1 aliphatic rings. The van der Waals surface area contributed by atoms with Gasteiger partial charge in [-0.3, -0.25) is 10.1 Å². The Kier molecular flexibility index (Phi) is 7.43. The highest BCUT2D eigenvalue weighted by molar-refractivity contribution is 6.00. The van der Waals surface area contributed by atoms with Crippen molar-refractivity contribution in [2.45, 2.75) is 19.8 Å². The average molecular weight is 408 g/mol. The van der Waals surface area contributed by atoms with Crippen LogP contribution in [0, 0.1) is 10.1 Å². The molecule has 2 N–H and O–H groups in total. The highest BCUT2D eigenvalue weighted by Gasteiger charge is 2.40. The summed E-state index contributed by atoms with van der Waals surface area (Å²) in [6, 6.07) is 5.27. The number of carbonyl (C=O) groups is 2. The lowest BCUT2D eigenvalue weighted by molar-refractivity contribution is -0.384. The van der Waals surface area contributed by atoms with Crippen molar-refractivity contribution < 1.29 is 33.5 Å². The Balaban J connectivity index is 2.78. The van der Waals surface area contributed by atoms with E-state index in [1.165, 1.54) is 24.3 Å². The lowest BCUT2D eigenvalue weighted by Crippen LogP contribution is -2.36. The number of benzene rings is 1. The van der Waals surface area contributed by atoms with Crippen LogP contribution in [0.1, 0.15) is 25.3 Å². The van der Waals surface area contributed by atoms with E-state index in [1.807, 2.05) is 0 Å². The van der Waals surface area contributed by atoms with Crippen molar-refractivity contribution in [3.05, 3.63) is 62.5 Å². The van der Waals surface area contributed by atoms with Crippen molar-refractivity contribution in [1.29, 1.82) is 0 Å². The second-order valence-corrected chi connectivity index (χ2v) is 5.93. The van der Waals surface area contributed by atoms with Gasteiger partial charge in [0.2, 0.25) is 0 Å². The highest BCUT2D eigenvalue weighted by atomic mass is 19.1. The molecule has 1 unspecified atom stereocenters. The van der Waals surface area contributed by atoms with Crippen LogP contribution in [0.2, 0.25) is 0 Å². The third-order valence-corrected chi connectivity index (χ3v) is 4.23. The fourth-order valence-electron chi connectivity index (χ4n) is 3.09. The van der Waals surface area contributed by atoms with Crippen LogP contribution in [0.5, 0.6) is 0 Å². The number of nitrogens with one attached hydrogen (secondary N) is 1. The van der Waals surface area contributed by atoms with Gasteiger partial charge in [-0.05, 0) is 19.4 Å². The number of dihydropyridines is 1. The molecule has 0 fully saturated rings. The van der Waals surface area contributed by atoms with Gasteiger partial charge in [-0.15, -0.1) is 0 Å². The molecule has 9 nitrogen and oxygen atoms in total. The summed E-state index contributed by atoms with van der Waals surface area (Å²) in [6.45, 7) is 1.36. The van der Waals surface area contributed by atoms with Crippen LogP contribution in [0.4, 0.5) is 10.1 Å². The number of allylic oxidation sites excluding steroid dienone is 1. The molecule has 1 aliphatic heterocycles. The Morgan fingerprint density at radius 2 is 1.76 bits per heavy atom. The average Bonchev–Trinajstić information content (AvgIpc) is 2.72. The molecule has 1 heterocycles. The van der Waals surface area contributed by atoms with Crippen LogP contribution in [0.3, 0.4) is 0 Å². The number of nitrogens with zero attached hydrogens (tertiary/aromatic N) is 1. The molecule has 0 saturated heterocycles. The molecule has 10 heteroatoms. The number of esters is 2. The standard InChI is InChI=1S/C19H21FN2O7/c1-3-28-18(24)16-13(9-20)21-14(10-23)17(19(25)29-4-2)15(16)11-6-5-7-12(8-11)22(26)27/h5-8,15,21,23H,3-4,9-10H2,1-2H3. The summed E-state index contributed by atoms with van der Waals surface area (Å²) in [5.74, 6) is -2.95. The Labute approximate surface area is 166 Å². The van der Waals surface area contributed by atoms with Crippen molar-refractivity contribution in [3.63, 3.8) is 0 Å². The van der Waals surface area contributed by atoms with E-state index >= 15 is 0 Å². The van der Waals surface area contributed by atoms with Crippen LogP contribution in [-0.2, 0) is 19.1 Å². The Morgan fingerprint density at radius 3 is 2.24 bits per heavy atom. The number of nitro benzene ring substituents is 1. The van der Waals surface area contributed by atoms with Gasteiger partial charge in [0.05, 0.1) is 53.2 Å². The maximum Gasteiger partial charge on any atom is 0.336 e. The van der Waals surface area contributed by atoms with Gasteiger partial charge in [-0.2, -0.15) is 0 Å². The minimum absolute atomic E-state index is 0.00509. The SMILES string of the molecule is CCOC(=O)C1=C(CO)NC(CF)=C(C(=O)OCC)C1c1cccc([N+](=O)[O-])c1. The van der Waals surface area contributed by atoms with E-state index in [0.29, 0.717) is 0 Å². The first-order valence-electron chi connectivity index (χ1n) is 8.87. The van der Waals surface area contributed by atoms with Gasteiger partial charge in [-0.1, -0.05) is 12.1 Å². The van der Waals surface area contributed by atoms with Crippen LogP contribution in [0.15, 0.2) is 46.8 Å². The minimum Gasteiger partial charge on any atom is -0.463 e. The molecule has 29 heavy (non-hydrogen) atoms. The molecule has 2 rings (SSSR count). The number of aliphatic hydroxyl groups is 1. The van der Waals surface area contributed by atoms with E-state index < -0.39 is 36.1 Å². The molecule has 1 atom stereocenters. The molecule has 0 bridgehead atoms. The smallest absolute Gasteiger partial charge is 0.336 e. The van der Waals surface area contributed by atoms with Crippen molar-refractivity contribution in [2.75, 3.05) is 26.5 Å². The number of alkyl halides is 1. The number of halogens is 1. The van der Waals surface area contributed by atoms with Gasteiger partial charge in [0.1, 0.15) is 6.67 Å². The predicted molar refractivity (Wildman–Crippen MR) is 99.4 cm³/mol. The van der Waals surface area contributed by atoms with Crippen LogP contribution in [-0.4, -0.2) is 48.5 Å². The maximum absolute atomic E-state index is 13.8. The summed E-state index contributed by atoms with van der Waals surface area (Å²) >= 11 is 0. The van der Waals surface area contributed by atoms with E-state index in [9.17, 15) is 29.2 Å². The molecule has 0 saturated carbocycles. The maximum atomic E-state index is 13.8. The second kappa shape index (κ2) is 9.78. The second-order valence-electron chi connectivity index (χ2n) is 5.93. The fraction of sp³-hybridized carbons (Fsp3) is 0.368. The van der Waals surface area contributed by atoms with E-state index in [-0.39, 0.29) is 47.0 Å². The summed E-state index contributed by atoms with van der Waals surface area (Å²) in [6.07, 6.45) is 0. The number of hydrogen-bond donors (Lipinski definition) is 2. The number of carbonyl (C=O) groups excluding carboxylic acids is 2. The third-order valence-electron chi connectivity index (χ3n) is 4.23. The Hall–Kier alpha value is -3.27. The van der Waals surface area contributed by atoms with Gasteiger partial charge in [0.15, 0.2) is 0 Å². The van der Waals surface area contributed by atoms with E-state index in [0.717, 1.165) is 0 Å². The number of aliphatic hydroxyl groups excluding tert-OH is 1. The molecule has 0 aliphatic carbocycles. The Bertz CT molecular complexity index is 837. The molecule has 1 aromatic carbocycles. The number of rotatable bonds is 8. The van der Waals surface area contributed by atoms with Crippen LogP contribution < -0.4 is 5.32 Å². The van der Waals surface area contributed by atoms with Crippen LogP contribution >= 0.6 is 0 Å². The van der Waals surface area contributed by atoms with E-state index in [1.54, 1.807) is 13.8 Å². The summed E-state index contributed by atoms with van der Waals surface area (Å²) in [5.41, 5.74) is -0.702. The molecule has 156 valence electrons.